The van der Waals surface area contributed by atoms with Gasteiger partial charge in [0.05, 0.1) is 6.67 Å². The average Bonchev–Trinajstić information content (AvgIpc) is 2.86. The molecule has 5 nitrogen and oxygen atoms in total. The topological polar surface area (TPSA) is 53.9 Å². The van der Waals surface area contributed by atoms with Gasteiger partial charge in [-0.1, -0.05) is 0 Å². The number of nitrogens with one attached hydrogen (secondary N) is 1. The monoisotopic (exact) mass is 349 g/mol. The standard InChI is InChI=1S/C13H9F6N5/c1-24-5-21-8-9(13(17,18)19)22-10(23-11(8)24)6-2-3-7(20-4-6)12(14,15)16/h2-4,21H,5H2,1H3. The fourth-order valence-electron chi connectivity index (χ4n) is 2.19. The Labute approximate surface area is 131 Å². The van der Waals surface area contributed by atoms with Gasteiger partial charge >= 0.3 is 12.4 Å². The molecule has 0 saturated carbocycles. The highest BCUT2D eigenvalue weighted by molar-refractivity contribution is 5.75. The molecule has 3 rings (SSSR count). The molecular formula is C13H9F6N5. The van der Waals surface area contributed by atoms with E-state index >= 15 is 0 Å². The second kappa shape index (κ2) is 5.21. The highest BCUT2D eigenvalue weighted by Crippen LogP contribution is 2.41. The van der Waals surface area contributed by atoms with Crippen LogP contribution in [0.15, 0.2) is 18.3 Å². The first kappa shape index (κ1) is 16.3. The van der Waals surface area contributed by atoms with E-state index in [0.29, 0.717) is 6.07 Å². The van der Waals surface area contributed by atoms with Gasteiger partial charge < -0.3 is 10.2 Å². The van der Waals surface area contributed by atoms with Crippen molar-refractivity contribution in [1.29, 1.82) is 0 Å². The maximum Gasteiger partial charge on any atom is 0.435 e. The fraction of sp³-hybridized carbons (Fsp3) is 0.308. The van der Waals surface area contributed by atoms with E-state index in [4.69, 9.17) is 0 Å². The zero-order chi connectivity index (χ0) is 17.7. The highest BCUT2D eigenvalue weighted by atomic mass is 19.4. The third-order valence-corrected chi connectivity index (χ3v) is 3.33. The Morgan fingerprint density at radius 2 is 1.75 bits per heavy atom. The van der Waals surface area contributed by atoms with Crippen LogP contribution in [0.2, 0.25) is 0 Å². The zero-order valence-corrected chi connectivity index (χ0v) is 12.0. The Balaban J connectivity index is 2.11. The normalized spacial score (nSPS) is 14.5. The molecule has 11 heteroatoms. The van der Waals surface area contributed by atoms with E-state index in [0.717, 1.165) is 12.3 Å². The van der Waals surface area contributed by atoms with E-state index in [1.54, 1.807) is 0 Å². The van der Waals surface area contributed by atoms with Crippen LogP contribution in [0.3, 0.4) is 0 Å². The molecule has 0 aliphatic carbocycles. The third-order valence-electron chi connectivity index (χ3n) is 3.33. The lowest BCUT2D eigenvalue weighted by Gasteiger charge is -2.14. The first-order valence-electron chi connectivity index (χ1n) is 6.55. The summed E-state index contributed by atoms with van der Waals surface area (Å²) in [6, 6.07) is 1.65. The van der Waals surface area contributed by atoms with Crippen LogP contribution in [-0.2, 0) is 12.4 Å². The average molecular weight is 349 g/mol. The maximum atomic E-state index is 13.2. The Hall–Kier alpha value is -2.59. The molecule has 0 bridgehead atoms. The number of hydrogen-bond donors (Lipinski definition) is 1. The molecule has 0 atom stereocenters. The molecule has 24 heavy (non-hydrogen) atoms. The van der Waals surface area contributed by atoms with Gasteiger partial charge in [0.25, 0.3) is 0 Å². The molecule has 2 aromatic rings. The van der Waals surface area contributed by atoms with Crippen molar-refractivity contribution in [1.82, 2.24) is 15.0 Å². The van der Waals surface area contributed by atoms with Crippen LogP contribution < -0.4 is 10.2 Å². The summed E-state index contributed by atoms with van der Waals surface area (Å²) in [6.45, 7) is 0.113. The van der Waals surface area contributed by atoms with Gasteiger partial charge in [0.2, 0.25) is 0 Å². The number of aromatic nitrogens is 3. The van der Waals surface area contributed by atoms with E-state index in [1.165, 1.54) is 11.9 Å². The zero-order valence-electron chi connectivity index (χ0n) is 12.0. The quantitative estimate of drug-likeness (QED) is 0.800. The molecule has 0 unspecified atom stereocenters. The first-order chi connectivity index (χ1) is 11.1. The molecule has 0 spiro atoms. The number of hydrogen-bond acceptors (Lipinski definition) is 5. The van der Waals surface area contributed by atoms with Crippen LogP contribution in [0.5, 0.6) is 0 Å². The van der Waals surface area contributed by atoms with Crippen LogP contribution >= 0.6 is 0 Å². The van der Waals surface area contributed by atoms with Gasteiger partial charge in [-0.2, -0.15) is 26.3 Å². The first-order valence-corrected chi connectivity index (χ1v) is 6.55. The van der Waals surface area contributed by atoms with Crippen molar-refractivity contribution in [2.24, 2.45) is 0 Å². The number of anilines is 2. The van der Waals surface area contributed by atoms with Crippen LogP contribution in [0.4, 0.5) is 37.8 Å². The lowest BCUT2D eigenvalue weighted by molar-refractivity contribution is -0.141. The molecule has 1 N–H and O–H groups in total. The maximum absolute atomic E-state index is 13.2. The summed E-state index contributed by atoms with van der Waals surface area (Å²) in [6.07, 6.45) is -8.58. The summed E-state index contributed by atoms with van der Waals surface area (Å²) in [4.78, 5) is 12.1. The molecule has 2 aromatic heterocycles. The number of pyridine rings is 1. The Morgan fingerprint density at radius 1 is 1.04 bits per heavy atom. The summed E-state index contributed by atoms with van der Waals surface area (Å²) < 4.78 is 77.1. The number of rotatable bonds is 1. The van der Waals surface area contributed by atoms with Crippen LogP contribution in [0.25, 0.3) is 11.4 Å². The van der Waals surface area contributed by atoms with E-state index < -0.39 is 23.7 Å². The predicted octanol–water partition coefficient (Wildman–Crippen LogP) is 3.40. The second-order valence-electron chi connectivity index (χ2n) is 5.05. The van der Waals surface area contributed by atoms with Gasteiger partial charge in [0, 0.05) is 18.8 Å². The molecule has 3 heterocycles. The van der Waals surface area contributed by atoms with Gasteiger partial charge in [0.1, 0.15) is 11.4 Å². The minimum absolute atomic E-state index is 0.0206. The van der Waals surface area contributed by atoms with E-state index in [9.17, 15) is 26.3 Å². The Bertz CT molecular complexity index is 768. The van der Waals surface area contributed by atoms with E-state index in [2.05, 4.69) is 20.3 Å². The molecule has 1 aliphatic heterocycles. The molecule has 128 valence electrons. The van der Waals surface area contributed by atoms with Crippen molar-refractivity contribution in [2.75, 3.05) is 23.9 Å². The molecular weight excluding hydrogens is 340 g/mol. The molecule has 0 fully saturated rings. The lowest BCUT2D eigenvalue weighted by atomic mass is 10.2. The molecule has 0 radical (unpaired) electrons. The SMILES string of the molecule is CN1CNc2c1nc(-c1ccc(C(F)(F)F)nc1)nc2C(F)(F)F. The van der Waals surface area contributed by atoms with Crippen LogP contribution in [0.1, 0.15) is 11.4 Å². The van der Waals surface area contributed by atoms with Crippen molar-refractivity contribution in [3.63, 3.8) is 0 Å². The predicted molar refractivity (Wildman–Crippen MR) is 72.2 cm³/mol. The minimum Gasteiger partial charge on any atom is -0.363 e. The van der Waals surface area contributed by atoms with Crippen molar-refractivity contribution in [3.05, 3.63) is 29.7 Å². The summed E-state index contributed by atoms with van der Waals surface area (Å²) in [5.41, 5.74) is -2.63. The smallest absolute Gasteiger partial charge is 0.363 e. The van der Waals surface area contributed by atoms with Gasteiger partial charge in [-0.05, 0) is 12.1 Å². The van der Waals surface area contributed by atoms with Crippen molar-refractivity contribution in [3.8, 4) is 11.4 Å². The fourth-order valence-corrected chi connectivity index (χ4v) is 2.19. The third kappa shape index (κ3) is 2.81. The summed E-state index contributed by atoms with van der Waals surface area (Å²) in [5.74, 6) is -0.329. The Kier molecular flexibility index (Phi) is 3.53. The highest BCUT2D eigenvalue weighted by Gasteiger charge is 2.40. The summed E-state index contributed by atoms with van der Waals surface area (Å²) in [7, 11) is 1.53. The molecule has 1 aliphatic rings. The Morgan fingerprint density at radius 3 is 2.29 bits per heavy atom. The second-order valence-corrected chi connectivity index (χ2v) is 5.05. The largest absolute Gasteiger partial charge is 0.435 e. The number of fused-ring (bicyclic) bond motifs is 1. The number of alkyl halides is 6. The summed E-state index contributed by atoms with van der Waals surface area (Å²) in [5, 5.41) is 2.55. The van der Waals surface area contributed by atoms with Crippen molar-refractivity contribution in [2.45, 2.75) is 12.4 Å². The molecule has 0 saturated heterocycles. The van der Waals surface area contributed by atoms with Crippen LogP contribution in [-0.4, -0.2) is 28.7 Å². The minimum atomic E-state index is -4.74. The van der Waals surface area contributed by atoms with Crippen molar-refractivity contribution >= 4 is 11.5 Å². The molecule has 0 amide bonds. The number of nitrogens with zero attached hydrogens (tertiary/aromatic N) is 4. The van der Waals surface area contributed by atoms with Crippen molar-refractivity contribution < 1.29 is 26.3 Å². The number of halogens is 6. The lowest BCUT2D eigenvalue weighted by Crippen LogP contribution is -2.16. The van der Waals surface area contributed by atoms with Gasteiger partial charge in [0.15, 0.2) is 17.3 Å². The van der Waals surface area contributed by atoms with Gasteiger partial charge in [-0.15, -0.1) is 0 Å². The van der Waals surface area contributed by atoms with Crippen LogP contribution in [0, 0.1) is 0 Å². The molecule has 0 aromatic carbocycles. The summed E-state index contributed by atoms with van der Waals surface area (Å²) >= 11 is 0. The van der Waals surface area contributed by atoms with E-state index in [-0.39, 0.29) is 29.6 Å². The van der Waals surface area contributed by atoms with Gasteiger partial charge in [-0.25, -0.2) is 9.97 Å². The van der Waals surface area contributed by atoms with E-state index in [1.807, 2.05) is 0 Å². The van der Waals surface area contributed by atoms with Gasteiger partial charge in [-0.3, -0.25) is 4.98 Å².